The van der Waals surface area contributed by atoms with Crippen molar-refractivity contribution in [3.05, 3.63) is 24.3 Å². The molecule has 2 heterocycles. The molecule has 2 unspecified atom stereocenters. The minimum Gasteiger partial charge on any atom is -0.399 e. The Bertz CT molecular complexity index is 604. The number of ether oxygens (including phenoxy) is 1. The van der Waals surface area contributed by atoms with Crippen molar-refractivity contribution in [1.29, 1.82) is 0 Å². The number of hydrogen-bond donors (Lipinski definition) is 1. The van der Waals surface area contributed by atoms with Crippen LogP contribution in [-0.4, -0.2) is 32.9 Å². The molecule has 2 N–H and O–H groups in total. The Morgan fingerprint density at radius 3 is 2.70 bits per heavy atom. The SMILES string of the molecule is Nc1ccc(-c2nnnn2C2CCOC2C2CC2)cc1. The molecule has 4 rings (SSSR count). The molecule has 2 atom stereocenters. The zero-order chi connectivity index (χ0) is 13.5. The molecule has 1 aromatic carbocycles. The van der Waals surface area contributed by atoms with E-state index < -0.39 is 0 Å². The predicted octanol–water partition coefficient (Wildman–Crippen LogP) is 1.66. The van der Waals surface area contributed by atoms with E-state index in [0.29, 0.717) is 5.92 Å². The van der Waals surface area contributed by atoms with Gasteiger partial charge in [-0.1, -0.05) is 0 Å². The number of anilines is 1. The van der Waals surface area contributed by atoms with Gasteiger partial charge in [-0.05, 0) is 59.9 Å². The number of benzene rings is 1. The fraction of sp³-hybridized carbons (Fsp3) is 0.500. The summed E-state index contributed by atoms with van der Waals surface area (Å²) in [6, 6.07) is 7.92. The van der Waals surface area contributed by atoms with Crippen LogP contribution in [0.3, 0.4) is 0 Å². The molecule has 0 spiro atoms. The molecule has 1 saturated heterocycles. The molecule has 104 valence electrons. The third-order valence-electron chi connectivity index (χ3n) is 4.17. The van der Waals surface area contributed by atoms with E-state index in [4.69, 9.17) is 10.5 Å². The average molecular weight is 271 g/mol. The summed E-state index contributed by atoms with van der Waals surface area (Å²) in [5, 5.41) is 12.2. The summed E-state index contributed by atoms with van der Waals surface area (Å²) in [6.45, 7) is 0.798. The Morgan fingerprint density at radius 2 is 1.95 bits per heavy atom. The van der Waals surface area contributed by atoms with E-state index >= 15 is 0 Å². The fourth-order valence-electron chi connectivity index (χ4n) is 2.98. The molecule has 0 amide bonds. The van der Waals surface area contributed by atoms with Crippen molar-refractivity contribution in [2.24, 2.45) is 5.92 Å². The van der Waals surface area contributed by atoms with Crippen molar-refractivity contribution in [3.63, 3.8) is 0 Å². The molecule has 1 aromatic heterocycles. The Morgan fingerprint density at radius 1 is 1.15 bits per heavy atom. The van der Waals surface area contributed by atoms with Gasteiger partial charge in [0.15, 0.2) is 5.82 Å². The monoisotopic (exact) mass is 271 g/mol. The van der Waals surface area contributed by atoms with Crippen molar-refractivity contribution >= 4 is 5.69 Å². The van der Waals surface area contributed by atoms with Crippen molar-refractivity contribution in [2.75, 3.05) is 12.3 Å². The summed E-state index contributed by atoms with van der Waals surface area (Å²) in [7, 11) is 0. The standard InChI is InChI=1S/C14H17N5O/c15-11-5-3-10(4-6-11)14-16-17-18-19(14)12-7-8-20-13(12)9-1-2-9/h3-6,9,12-13H,1-2,7-8,15H2. The normalized spacial score (nSPS) is 26.0. The van der Waals surface area contributed by atoms with E-state index in [0.717, 1.165) is 30.1 Å². The van der Waals surface area contributed by atoms with E-state index in [9.17, 15) is 0 Å². The van der Waals surface area contributed by atoms with Gasteiger partial charge in [-0.3, -0.25) is 0 Å². The van der Waals surface area contributed by atoms with Crippen LogP contribution in [0, 0.1) is 5.92 Å². The molecule has 6 nitrogen and oxygen atoms in total. The van der Waals surface area contributed by atoms with Crippen LogP contribution >= 0.6 is 0 Å². The van der Waals surface area contributed by atoms with Crippen LogP contribution in [0.4, 0.5) is 5.69 Å². The van der Waals surface area contributed by atoms with Gasteiger partial charge in [0.05, 0.1) is 12.1 Å². The maximum Gasteiger partial charge on any atom is 0.182 e. The summed E-state index contributed by atoms with van der Waals surface area (Å²) in [5.74, 6) is 1.48. The smallest absolute Gasteiger partial charge is 0.182 e. The molecule has 1 aliphatic carbocycles. The zero-order valence-corrected chi connectivity index (χ0v) is 11.1. The molecule has 2 fully saturated rings. The number of nitrogens with two attached hydrogens (primary N) is 1. The summed E-state index contributed by atoms with van der Waals surface area (Å²) >= 11 is 0. The van der Waals surface area contributed by atoms with Gasteiger partial charge >= 0.3 is 0 Å². The van der Waals surface area contributed by atoms with Gasteiger partial charge in [0.2, 0.25) is 0 Å². The first-order valence-electron chi connectivity index (χ1n) is 7.08. The van der Waals surface area contributed by atoms with Crippen LogP contribution < -0.4 is 5.73 Å². The first kappa shape index (κ1) is 11.8. The molecular weight excluding hydrogens is 254 g/mol. The van der Waals surface area contributed by atoms with Crippen molar-refractivity contribution in [1.82, 2.24) is 20.2 Å². The average Bonchev–Trinajstić information content (AvgIpc) is 3.01. The lowest BCUT2D eigenvalue weighted by atomic mass is 10.1. The van der Waals surface area contributed by atoms with E-state index in [1.54, 1.807) is 0 Å². The van der Waals surface area contributed by atoms with Crippen molar-refractivity contribution in [2.45, 2.75) is 31.4 Å². The number of aromatic nitrogens is 4. The van der Waals surface area contributed by atoms with Gasteiger partial charge in [-0.2, -0.15) is 0 Å². The quantitative estimate of drug-likeness (QED) is 0.859. The van der Waals surface area contributed by atoms with Crippen molar-refractivity contribution < 1.29 is 4.74 Å². The highest BCUT2D eigenvalue weighted by atomic mass is 16.5. The van der Waals surface area contributed by atoms with Crippen LogP contribution in [0.15, 0.2) is 24.3 Å². The summed E-state index contributed by atoms with van der Waals surface area (Å²) in [5.41, 5.74) is 7.47. The predicted molar refractivity (Wildman–Crippen MR) is 73.8 cm³/mol. The van der Waals surface area contributed by atoms with E-state index in [-0.39, 0.29) is 12.1 Å². The number of rotatable bonds is 3. The molecule has 1 aliphatic heterocycles. The summed E-state index contributed by atoms with van der Waals surface area (Å²) < 4.78 is 7.82. The number of nitrogen functional groups attached to an aromatic ring is 1. The molecule has 2 aromatic rings. The van der Waals surface area contributed by atoms with Crippen LogP contribution in [0.5, 0.6) is 0 Å². The maximum absolute atomic E-state index is 5.89. The summed E-state index contributed by atoms with van der Waals surface area (Å²) in [4.78, 5) is 0. The lowest BCUT2D eigenvalue weighted by Crippen LogP contribution is -2.23. The van der Waals surface area contributed by atoms with Crippen LogP contribution in [-0.2, 0) is 4.74 Å². The van der Waals surface area contributed by atoms with E-state index in [1.807, 2.05) is 28.9 Å². The highest BCUT2D eigenvalue weighted by Crippen LogP contribution is 2.43. The van der Waals surface area contributed by atoms with E-state index in [2.05, 4.69) is 15.5 Å². The van der Waals surface area contributed by atoms with Gasteiger partial charge in [-0.15, -0.1) is 5.10 Å². The molecule has 6 heteroatoms. The molecule has 1 saturated carbocycles. The third kappa shape index (κ3) is 1.96. The molecule has 0 radical (unpaired) electrons. The minimum absolute atomic E-state index is 0.255. The van der Waals surface area contributed by atoms with Gasteiger partial charge in [0.1, 0.15) is 0 Å². The highest BCUT2D eigenvalue weighted by molar-refractivity contribution is 5.58. The van der Waals surface area contributed by atoms with E-state index in [1.165, 1.54) is 12.8 Å². The van der Waals surface area contributed by atoms with Crippen LogP contribution in [0.1, 0.15) is 25.3 Å². The Kier molecular flexibility index (Phi) is 2.70. The minimum atomic E-state index is 0.255. The van der Waals surface area contributed by atoms with Crippen molar-refractivity contribution in [3.8, 4) is 11.4 Å². The second kappa shape index (κ2) is 4.56. The first-order valence-corrected chi connectivity index (χ1v) is 7.08. The third-order valence-corrected chi connectivity index (χ3v) is 4.17. The van der Waals surface area contributed by atoms with Gasteiger partial charge in [0, 0.05) is 17.9 Å². The lowest BCUT2D eigenvalue weighted by molar-refractivity contribution is 0.0725. The Labute approximate surface area is 116 Å². The largest absolute Gasteiger partial charge is 0.399 e. The highest BCUT2D eigenvalue weighted by Gasteiger charge is 2.42. The second-order valence-electron chi connectivity index (χ2n) is 5.60. The van der Waals surface area contributed by atoms with Gasteiger partial charge in [-0.25, -0.2) is 4.68 Å². The number of nitrogens with zero attached hydrogens (tertiary/aromatic N) is 4. The number of hydrogen-bond acceptors (Lipinski definition) is 5. The zero-order valence-electron chi connectivity index (χ0n) is 11.1. The fourth-order valence-corrected chi connectivity index (χ4v) is 2.98. The molecule has 2 aliphatic rings. The van der Waals surface area contributed by atoms with Gasteiger partial charge < -0.3 is 10.5 Å². The van der Waals surface area contributed by atoms with Gasteiger partial charge in [0.25, 0.3) is 0 Å². The molecular formula is C14H17N5O. The Balaban J connectivity index is 1.69. The molecule has 20 heavy (non-hydrogen) atoms. The lowest BCUT2D eigenvalue weighted by Gasteiger charge is -2.19. The molecule has 0 bridgehead atoms. The Hall–Kier alpha value is -1.95. The van der Waals surface area contributed by atoms with Crippen LogP contribution in [0.2, 0.25) is 0 Å². The van der Waals surface area contributed by atoms with Crippen LogP contribution in [0.25, 0.3) is 11.4 Å². The topological polar surface area (TPSA) is 78.9 Å². The maximum atomic E-state index is 5.89. The second-order valence-corrected chi connectivity index (χ2v) is 5.60. The summed E-state index contributed by atoms with van der Waals surface area (Å²) in [6.07, 6.45) is 3.78. The number of tetrazole rings is 1. The first-order chi connectivity index (χ1) is 9.83.